The lowest BCUT2D eigenvalue weighted by Gasteiger charge is -2.20. The molecule has 29 heavy (non-hydrogen) atoms. The van der Waals surface area contributed by atoms with Crippen LogP contribution in [0.3, 0.4) is 0 Å². The Hall–Kier alpha value is -3.65. The highest BCUT2D eigenvalue weighted by molar-refractivity contribution is 8.27. The van der Waals surface area contributed by atoms with Crippen LogP contribution in [0, 0.1) is 12.3 Å². The van der Waals surface area contributed by atoms with Gasteiger partial charge in [0.05, 0.1) is 11.8 Å². The fourth-order valence-electron chi connectivity index (χ4n) is 3.09. The van der Waals surface area contributed by atoms with Gasteiger partial charge in [0.2, 0.25) is 5.17 Å². The Morgan fingerprint density at radius 2 is 1.97 bits per heavy atom. The van der Waals surface area contributed by atoms with Gasteiger partial charge in [-0.25, -0.2) is 0 Å². The van der Waals surface area contributed by atoms with Crippen molar-refractivity contribution >= 4 is 39.8 Å². The van der Waals surface area contributed by atoms with Gasteiger partial charge in [-0.15, -0.1) is 0 Å². The molecule has 0 aliphatic carbocycles. The van der Waals surface area contributed by atoms with Crippen LogP contribution in [0.2, 0.25) is 0 Å². The van der Waals surface area contributed by atoms with Gasteiger partial charge in [0.25, 0.3) is 5.91 Å². The second kappa shape index (κ2) is 6.75. The number of amides is 1. The number of aryl methyl sites for hydroxylation is 1. The zero-order valence-corrected chi connectivity index (χ0v) is 16.2. The topological polar surface area (TPSA) is 86.9 Å². The molecule has 142 valence electrons. The first kappa shape index (κ1) is 17.4. The zero-order valence-electron chi connectivity index (χ0n) is 15.4. The smallest absolute Gasteiger partial charge is 0.283 e. The molecule has 2 aliphatic heterocycles. The second-order valence-electron chi connectivity index (χ2n) is 6.54. The van der Waals surface area contributed by atoms with Gasteiger partial charge < -0.3 is 8.98 Å². The van der Waals surface area contributed by atoms with Gasteiger partial charge in [-0.1, -0.05) is 17.7 Å². The minimum Gasteiger partial charge on any atom is -0.462 e. The van der Waals surface area contributed by atoms with Crippen molar-refractivity contribution in [3.8, 4) is 5.69 Å². The number of rotatable bonds is 3. The molecular formula is C21H15N5O2S. The van der Waals surface area contributed by atoms with Crippen molar-refractivity contribution in [3.05, 3.63) is 83.6 Å². The molecule has 2 aliphatic rings. The summed E-state index contributed by atoms with van der Waals surface area (Å²) >= 11 is 1.21. The Labute approximate surface area is 170 Å². The van der Waals surface area contributed by atoms with E-state index in [9.17, 15) is 4.79 Å². The van der Waals surface area contributed by atoms with E-state index in [2.05, 4.69) is 10.1 Å². The van der Waals surface area contributed by atoms with Crippen LogP contribution in [-0.2, 0) is 4.79 Å². The fourth-order valence-corrected chi connectivity index (χ4v) is 3.95. The molecule has 2 aromatic heterocycles. The zero-order chi connectivity index (χ0) is 20.0. The first-order valence-electron chi connectivity index (χ1n) is 8.89. The van der Waals surface area contributed by atoms with Crippen LogP contribution in [0.25, 0.3) is 11.8 Å². The molecule has 0 fully saturated rings. The maximum absolute atomic E-state index is 12.6. The van der Waals surface area contributed by atoms with Gasteiger partial charge >= 0.3 is 0 Å². The lowest BCUT2D eigenvalue weighted by Crippen LogP contribution is -2.35. The number of furan rings is 1. The normalized spacial score (nSPS) is 17.6. The molecular weight excluding hydrogens is 386 g/mol. The number of nitrogens with zero attached hydrogens (tertiary/aromatic N) is 4. The summed E-state index contributed by atoms with van der Waals surface area (Å²) < 4.78 is 7.32. The Morgan fingerprint density at radius 3 is 2.72 bits per heavy atom. The number of hydrogen-bond donors (Lipinski definition) is 1. The van der Waals surface area contributed by atoms with E-state index in [4.69, 9.17) is 9.83 Å². The number of thioether (sulfide) groups is 1. The van der Waals surface area contributed by atoms with Crippen LogP contribution in [0.4, 0.5) is 0 Å². The third kappa shape index (κ3) is 3.03. The van der Waals surface area contributed by atoms with Gasteiger partial charge in [-0.3, -0.25) is 10.2 Å². The Bertz CT molecular complexity index is 1220. The van der Waals surface area contributed by atoms with Crippen molar-refractivity contribution in [2.24, 2.45) is 10.1 Å². The van der Waals surface area contributed by atoms with E-state index in [1.807, 2.05) is 54.1 Å². The quantitative estimate of drug-likeness (QED) is 0.671. The molecule has 3 aromatic rings. The highest BCUT2D eigenvalue weighted by Gasteiger charge is 2.36. The fraction of sp³-hybridized carbons (Fsp3) is 0.0476. The molecule has 0 saturated carbocycles. The van der Waals surface area contributed by atoms with Crippen LogP contribution in [0.1, 0.15) is 17.0 Å². The number of benzene rings is 1. The summed E-state index contributed by atoms with van der Waals surface area (Å²) in [6, 6.07) is 15.4. The summed E-state index contributed by atoms with van der Waals surface area (Å²) in [5.74, 6) is 0.109. The standard InChI is InChI=1S/C21H15N5O2S/c1-13-6-8-14(9-7-13)25-10-2-4-15(25)12-16-18(22)26-21(23-19(16)27)29-20(24-26)17-5-3-11-28-17/h2-12,22H,1H3/b16-12-,22-18?. The number of carbonyl (C=O) groups excluding carboxylic acids is 1. The number of aliphatic imine (C=N–C) groups is 1. The highest BCUT2D eigenvalue weighted by Crippen LogP contribution is 2.31. The van der Waals surface area contributed by atoms with Crippen LogP contribution < -0.4 is 0 Å². The summed E-state index contributed by atoms with van der Waals surface area (Å²) in [6.45, 7) is 2.03. The molecule has 4 heterocycles. The SMILES string of the molecule is Cc1ccc(-n2cccc2/C=C2/C(=N)N3N=C(c4ccco4)SC3=NC2=O)cc1. The van der Waals surface area contributed by atoms with E-state index in [0.717, 1.165) is 11.4 Å². The van der Waals surface area contributed by atoms with Crippen molar-refractivity contribution in [1.29, 1.82) is 5.41 Å². The van der Waals surface area contributed by atoms with Crippen molar-refractivity contribution in [3.63, 3.8) is 0 Å². The molecule has 1 amide bonds. The number of aromatic nitrogens is 1. The van der Waals surface area contributed by atoms with Crippen molar-refractivity contribution in [1.82, 2.24) is 9.58 Å². The number of amidine groups is 2. The van der Waals surface area contributed by atoms with Gasteiger partial charge in [-0.2, -0.15) is 15.1 Å². The van der Waals surface area contributed by atoms with Crippen LogP contribution in [-0.4, -0.2) is 31.5 Å². The maximum atomic E-state index is 12.6. The first-order valence-corrected chi connectivity index (χ1v) is 9.70. The predicted octanol–water partition coefficient (Wildman–Crippen LogP) is 4.05. The number of nitrogens with one attached hydrogen (secondary N) is 1. The molecule has 0 unspecified atom stereocenters. The Balaban J connectivity index is 1.51. The molecule has 0 spiro atoms. The van der Waals surface area contributed by atoms with Gasteiger partial charge in [-0.05, 0) is 61.2 Å². The lowest BCUT2D eigenvalue weighted by molar-refractivity contribution is -0.114. The number of carbonyl (C=O) groups is 1. The van der Waals surface area contributed by atoms with Gasteiger partial charge in [0, 0.05) is 17.6 Å². The summed E-state index contributed by atoms with van der Waals surface area (Å²) in [5.41, 5.74) is 3.11. The number of hydrogen-bond acceptors (Lipinski definition) is 5. The molecule has 5 rings (SSSR count). The van der Waals surface area contributed by atoms with Gasteiger partial charge in [0.1, 0.15) is 0 Å². The highest BCUT2D eigenvalue weighted by atomic mass is 32.2. The third-order valence-corrected chi connectivity index (χ3v) is 5.49. The molecule has 0 bridgehead atoms. The minimum atomic E-state index is -0.457. The molecule has 0 saturated heterocycles. The van der Waals surface area contributed by atoms with E-state index in [0.29, 0.717) is 16.0 Å². The van der Waals surface area contributed by atoms with Crippen LogP contribution in [0.15, 0.2) is 81.1 Å². The van der Waals surface area contributed by atoms with Crippen LogP contribution in [0.5, 0.6) is 0 Å². The van der Waals surface area contributed by atoms with E-state index in [1.165, 1.54) is 22.3 Å². The minimum absolute atomic E-state index is 0.00860. The monoisotopic (exact) mass is 401 g/mol. The van der Waals surface area contributed by atoms with Crippen molar-refractivity contribution < 1.29 is 9.21 Å². The van der Waals surface area contributed by atoms with Gasteiger partial charge in [0.15, 0.2) is 16.6 Å². The average Bonchev–Trinajstić information content (AvgIpc) is 3.45. The van der Waals surface area contributed by atoms with E-state index in [-0.39, 0.29) is 11.4 Å². The first-order chi connectivity index (χ1) is 14.1. The molecule has 1 N–H and O–H groups in total. The number of hydrazone groups is 1. The molecule has 1 aromatic carbocycles. The largest absolute Gasteiger partial charge is 0.462 e. The second-order valence-corrected chi connectivity index (χ2v) is 7.50. The number of fused-ring (bicyclic) bond motifs is 1. The Morgan fingerprint density at radius 1 is 1.14 bits per heavy atom. The van der Waals surface area contributed by atoms with Crippen molar-refractivity contribution in [2.75, 3.05) is 0 Å². The summed E-state index contributed by atoms with van der Waals surface area (Å²) in [4.78, 5) is 16.8. The summed E-state index contributed by atoms with van der Waals surface area (Å²) in [7, 11) is 0. The predicted molar refractivity (Wildman–Crippen MR) is 113 cm³/mol. The van der Waals surface area contributed by atoms with E-state index < -0.39 is 5.91 Å². The molecule has 0 atom stereocenters. The summed E-state index contributed by atoms with van der Waals surface area (Å²) in [6.07, 6.45) is 5.15. The van der Waals surface area contributed by atoms with Crippen LogP contribution >= 0.6 is 11.8 Å². The average molecular weight is 401 g/mol. The lowest BCUT2D eigenvalue weighted by atomic mass is 10.1. The molecule has 7 nitrogen and oxygen atoms in total. The molecule has 8 heteroatoms. The van der Waals surface area contributed by atoms with E-state index in [1.54, 1.807) is 24.5 Å². The maximum Gasteiger partial charge on any atom is 0.283 e. The van der Waals surface area contributed by atoms with E-state index >= 15 is 0 Å². The molecule has 0 radical (unpaired) electrons. The third-order valence-electron chi connectivity index (χ3n) is 4.57. The summed E-state index contributed by atoms with van der Waals surface area (Å²) in [5, 5.41) is 15.2. The van der Waals surface area contributed by atoms with Crippen molar-refractivity contribution in [2.45, 2.75) is 6.92 Å². The Kier molecular flexibility index (Phi) is 4.06.